The van der Waals surface area contributed by atoms with Crippen LogP contribution in [0, 0.1) is 0 Å². The molecule has 3 aromatic rings. The second-order valence-electron chi connectivity index (χ2n) is 6.20. The zero-order valence-corrected chi connectivity index (χ0v) is 17.9. The second kappa shape index (κ2) is 7.47. The van der Waals surface area contributed by atoms with Gasteiger partial charge in [-0.1, -0.05) is 52.3 Å². The fourth-order valence-electron chi connectivity index (χ4n) is 3.39. The minimum atomic E-state index is -3.66. The van der Waals surface area contributed by atoms with Crippen LogP contribution in [0.15, 0.2) is 70.0 Å². The van der Waals surface area contributed by atoms with E-state index in [2.05, 4.69) is 15.9 Å². The Morgan fingerprint density at radius 1 is 1.11 bits per heavy atom. The monoisotopic (exact) mass is 463 g/mol. The van der Waals surface area contributed by atoms with Crippen LogP contribution in [0.4, 0.5) is 0 Å². The molecule has 0 N–H and O–H groups in total. The summed E-state index contributed by atoms with van der Waals surface area (Å²) in [6, 6.07) is 18.7. The molecule has 0 amide bonds. The van der Waals surface area contributed by atoms with Gasteiger partial charge in [0, 0.05) is 27.7 Å². The number of benzene rings is 3. The average molecular weight is 464 g/mol. The number of methoxy groups -OCH3 is 1. The Balaban J connectivity index is 1.83. The first-order valence-corrected chi connectivity index (χ1v) is 11.8. The molecule has 3 aromatic carbocycles. The molecule has 4 rings (SSSR count). The Labute approximate surface area is 171 Å². The second-order valence-corrected chi connectivity index (χ2v) is 10.2. The summed E-state index contributed by atoms with van der Waals surface area (Å²) >= 11 is 5.10. The third kappa shape index (κ3) is 3.38. The highest BCUT2D eigenvalue weighted by Gasteiger charge is 2.38. The number of thioether (sulfide) groups is 1. The highest BCUT2D eigenvalue weighted by molar-refractivity contribution is 9.10. The first kappa shape index (κ1) is 18.8. The lowest BCUT2D eigenvalue weighted by Crippen LogP contribution is -2.31. The van der Waals surface area contributed by atoms with Crippen molar-refractivity contribution in [3.05, 3.63) is 70.7 Å². The summed E-state index contributed by atoms with van der Waals surface area (Å²) in [6.07, 6.45) is 0. The number of halogens is 1. The van der Waals surface area contributed by atoms with Gasteiger partial charge in [0.1, 0.15) is 5.75 Å². The largest absolute Gasteiger partial charge is 0.496 e. The molecule has 0 saturated carbocycles. The van der Waals surface area contributed by atoms with Crippen molar-refractivity contribution in [2.75, 3.05) is 19.4 Å². The molecule has 0 aliphatic carbocycles. The summed E-state index contributed by atoms with van der Waals surface area (Å²) < 4.78 is 35.1. The van der Waals surface area contributed by atoms with E-state index in [1.165, 1.54) is 0 Å². The maximum absolute atomic E-state index is 13.6. The van der Waals surface area contributed by atoms with E-state index in [9.17, 15) is 8.42 Å². The van der Waals surface area contributed by atoms with Crippen molar-refractivity contribution in [2.24, 2.45) is 0 Å². The van der Waals surface area contributed by atoms with E-state index in [-0.39, 0.29) is 5.37 Å². The quantitative estimate of drug-likeness (QED) is 0.543. The topological polar surface area (TPSA) is 46.6 Å². The molecule has 140 valence electrons. The standard InChI is InChI=1S/C20H18BrNO3S2/c1-25-18-10-9-15(21)13-17(18)20-22(11-12-26-20)27(23,24)19-8-4-6-14-5-2-3-7-16(14)19/h2-10,13,20H,11-12H2,1H3. The van der Waals surface area contributed by atoms with Crippen LogP contribution >= 0.6 is 27.7 Å². The highest BCUT2D eigenvalue weighted by atomic mass is 79.9. The zero-order chi connectivity index (χ0) is 19.0. The van der Waals surface area contributed by atoms with Gasteiger partial charge in [-0.25, -0.2) is 8.42 Å². The lowest BCUT2D eigenvalue weighted by Gasteiger charge is -2.25. The van der Waals surface area contributed by atoms with E-state index in [0.29, 0.717) is 17.2 Å². The number of rotatable bonds is 4. The molecule has 1 aliphatic heterocycles. The molecule has 1 aliphatic rings. The maximum atomic E-state index is 13.6. The summed E-state index contributed by atoms with van der Waals surface area (Å²) in [5.74, 6) is 1.43. The number of sulfonamides is 1. The predicted octanol–water partition coefficient (Wildman–Crippen LogP) is 5.05. The van der Waals surface area contributed by atoms with Crippen molar-refractivity contribution in [1.29, 1.82) is 0 Å². The molecule has 1 fully saturated rings. The normalized spacial score (nSPS) is 18.1. The molecule has 1 atom stereocenters. The van der Waals surface area contributed by atoms with Crippen molar-refractivity contribution >= 4 is 48.5 Å². The first-order valence-electron chi connectivity index (χ1n) is 8.47. The highest BCUT2D eigenvalue weighted by Crippen LogP contribution is 2.45. The van der Waals surface area contributed by atoms with Gasteiger partial charge in [0.2, 0.25) is 10.0 Å². The van der Waals surface area contributed by atoms with Crippen molar-refractivity contribution in [2.45, 2.75) is 10.3 Å². The SMILES string of the molecule is COc1ccc(Br)cc1C1SCCN1S(=O)(=O)c1cccc2ccccc12. The van der Waals surface area contributed by atoms with Crippen molar-refractivity contribution in [3.8, 4) is 5.75 Å². The van der Waals surface area contributed by atoms with E-state index in [1.54, 1.807) is 35.3 Å². The summed E-state index contributed by atoms with van der Waals surface area (Å²) in [4.78, 5) is 0.349. The molecule has 0 radical (unpaired) electrons. The fourth-order valence-corrected chi connectivity index (χ4v) is 7.23. The number of hydrogen-bond acceptors (Lipinski definition) is 4. The van der Waals surface area contributed by atoms with E-state index in [0.717, 1.165) is 26.6 Å². The maximum Gasteiger partial charge on any atom is 0.245 e. The minimum Gasteiger partial charge on any atom is -0.496 e. The average Bonchev–Trinajstić information content (AvgIpc) is 3.18. The number of hydrogen-bond donors (Lipinski definition) is 0. The Hall–Kier alpha value is -1.54. The predicted molar refractivity (Wildman–Crippen MR) is 114 cm³/mol. The van der Waals surface area contributed by atoms with Crippen LogP contribution in [0.2, 0.25) is 0 Å². The molecule has 7 heteroatoms. The van der Waals surface area contributed by atoms with Crippen LogP contribution in [0.25, 0.3) is 10.8 Å². The summed E-state index contributed by atoms with van der Waals surface area (Å²) in [6.45, 7) is 0.469. The van der Waals surface area contributed by atoms with Gasteiger partial charge in [-0.3, -0.25) is 0 Å². The Morgan fingerprint density at radius 2 is 1.89 bits per heavy atom. The van der Waals surface area contributed by atoms with Crippen LogP contribution < -0.4 is 4.74 Å². The third-order valence-electron chi connectivity index (χ3n) is 4.64. The minimum absolute atomic E-state index is 0.318. The molecule has 1 saturated heterocycles. The van der Waals surface area contributed by atoms with E-state index < -0.39 is 10.0 Å². The first-order chi connectivity index (χ1) is 13.0. The smallest absolute Gasteiger partial charge is 0.245 e. The van der Waals surface area contributed by atoms with Crippen LogP contribution in [-0.2, 0) is 10.0 Å². The summed E-state index contributed by atoms with van der Waals surface area (Å²) in [5.41, 5.74) is 0.859. The van der Waals surface area contributed by atoms with Gasteiger partial charge >= 0.3 is 0 Å². The lowest BCUT2D eigenvalue weighted by molar-refractivity contribution is 0.390. The lowest BCUT2D eigenvalue weighted by atomic mass is 10.1. The van der Waals surface area contributed by atoms with Gasteiger partial charge in [0.15, 0.2) is 0 Å². The molecule has 1 heterocycles. The van der Waals surface area contributed by atoms with E-state index in [1.807, 2.05) is 48.5 Å². The van der Waals surface area contributed by atoms with Crippen molar-refractivity contribution in [3.63, 3.8) is 0 Å². The summed E-state index contributed by atoms with van der Waals surface area (Å²) in [7, 11) is -2.05. The van der Waals surface area contributed by atoms with Crippen LogP contribution in [0.1, 0.15) is 10.9 Å². The van der Waals surface area contributed by atoms with Gasteiger partial charge < -0.3 is 4.74 Å². The fraction of sp³-hybridized carbons (Fsp3) is 0.200. The van der Waals surface area contributed by atoms with Gasteiger partial charge in [-0.15, -0.1) is 11.8 Å². The number of ether oxygens (including phenoxy) is 1. The number of fused-ring (bicyclic) bond motifs is 1. The van der Waals surface area contributed by atoms with Crippen molar-refractivity contribution < 1.29 is 13.2 Å². The Morgan fingerprint density at radius 3 is 2.70 bits per heavy atom. The zero-order valence-electron chi connectivity index (χ0n) is 14.6. The van der Waals surface area contributed by atoms with Crippen LogP contribution in [-0.4, -0.2) is 32.1 Å². The molecule has 0 bridgehead atoms. The van der Waals surface area contributed by atoms with Crippen LogP contribution in [0.5, 0.6) is 5.75 Å². The van der Waals surface area contributed by atoms with Gasteiger partial charge in [0.05, 0.1) is 17.4 Å². The Bertz CT molecular complexity index is 1100. The molecule has 1 unspecified atom stereocenters. The van der Waals surface area contributed by atoms with Gasteiger partial charge in [0.25, 0.3) is 0 Å². The van der Waals surface area contributed by atoms with Crippen LogP contribution in [0.3, 0.4) is 0 Å². The molecule has 0 aromatic heterocycles. The summed E-state index contributed by atoms with van der Waals surface area (Å²) in [5, 5.41) is 1.35. The molecular formula is C20H18BrNO3S2. The third-order valence-corrected chi connectivity index (χ3v) is 8.43. The molecular weight excluding hydrogens is 446 g/mol. The Kier molecular flexibility index (Phi) is 5.20. The molecule has 27 heavy (non-hydrogen) atoms. The number of nitrogens with zero attached hydrogens (tertiary/aromatic N) is 1. The van der Waals surface area contributed by atoms with Crippen molar-refractivity contribution in [1.82, 2.24) is 4.31 Å². The van der Waals surface area contributed by atoms with Gasteiger partial charge in [-0.2, -0.15) is 4.31 Å². The molecule has 4 nitrogen and oxygen atoms in total. The van der Waals surface area contributed by atoms with E-state index in [4.69, 9.17) is 4.74 Å². The van der Waals surface area contributed by atoms with E-state index >= 15 is 0 Å². The molecule has 0 spiro atoms. The van der Waals surface area contributed by atoms with Gasteiger partial charge in [-0.05, 0) is 29.7 Å².